The Balaban J connectivity index is 1.48. The SMILES string of the molecule is CCC12CCCc3ccc4c(c3)[C@H](CC(C)(C)O4)NC(=O)c3ccc4c(c3)[C@@H](CC4(F)F)N(C(=O)C1)C(N)=N2. The fraction of sp³-hybridized carbons (Fsp3) is 0.500. The van der Waals surface area contributed by atoms with E-state index in [-0.39, 0.29) is 46.9 Å². The summed E-state index contributed by atoms with van der Waals surface area (Å²) in [6.07, 6.45) is 2.85. The van der Waals surface area contributed by atoms with E-state index >= 15 is 8.78 Å². The van der Waals surface area contributed by atoms with E-state index in [1.165, 1.54) is 23.1 Å². The molecule has 206 valence electrons. The van der Waals surface area contributed by atoms with Crippen molar-refractivity contribution in [3.8, 4) is 5.75 Å². The number of benzene rings is 2. The summed E-state index contributed by atoms with van der Waals surface area (Å²) in [5, 5.41) is 3.13. The van der Waals surface area contributed by atoms with Crippen LogP contribution in [0.15, 0.2) is 41.4 Å². The van der Waals surface area contributed by atoms with Gasteiger partial charge in [-0.15, -0.1) is 0 Å². The number of guanidine groups is 1. The van der Waals surface area contributed by atoms with Crippen molar-refractivity contribution in [1.82, 2.24) is 10.2 Å². The average Bonchev–Trinajstić information content (AvgIpc) is 3.12. The normalized spacial score (nSPS) is 28.8. The lowest BCUT2D eigenvalue weighted by molar-refractivity contribution is -0.132. The van der Waals surface area contributed by atoms with Gasteiger partial charge in [0.15, 0.2) is 5.96 Å². The highest BCUT2D eigenvalue weighted by Crippen LogP contribution is 2.51. The highest BCUT2D eigenvalue weighted by Gasteiger charge is 2.51. The van der Waals surface area contributed by atoms with Crippen molar-refractivity contribution in [3.05, 3.63) is 64.2 Å². The highest BCUT2D eigenvalue weighted by molar-refractivity contribution is 6.00. The molecule has 1 unspecified atom stereocenters. The van der Waals surface area contributed by atoms with Gasteiger partial charge in [-0.3, -0.25) is 14.5 Å². The third-order valence-electron chi connectivity index (χ3n) is 8.78. The molecule has 5 aliphatic rings. The Morgan fingerprint density at radius 1 is 1.13 bits per heavy atom. The summed E-state index contributed by atoms with van der Waals surface area (Å²) in [4.78, 5) is 33.0. The van der Waals surface area contributed by atoms with E-state index in [1.807, 2.05) is 32.9 Å². The third kappa shape index (κ3) is 4.36. The fourth-order valence-corrected chi connectivity index (χ4v) is 6.75. The molecule has 3 N–H and O–H groups in total. The van der Waals surface area contributed by atoms with Gasteiger partial charge in [0.1, 0.15) is 11.4 Å². The van der Waals surface area contributed by atoms with Crippen molar-refractivity contribution in [3.63, 3.8) is 0 Å². The quantitative estimate of drug-likeness (QED) is 0.518. The van der Waals surface area contributed by atoms with E-state index in [0.717, 1.165) is 29.7 Å². The molecular weight excluding hydrogens is 502 g/mol. The molecule has 0 spiro atoms. The van der Waals surface area contributed by atoms with Gasteiger partial charge in [0.25, 0.3) is 11.8 Å². The van der Waals surface area contributed by atoms with Gasteiger partial charge in [-0.1, -0.05) is 25.1 Å². The van der Waals surface area contributed by atoms with Crippen LogP contribution in [-0.4, -0.2) is 33.8 Å². The van der Waals surface area contributed by atoms with E-state index < -0.39 is 29.5 Å². The molecule has 0 fully saturated rings. The minimum absolute atomic E-state index is 0.0297. The number of aliphatic imine (C=N–C) groups is 1. The molecule has 0 radical (unpaired) electrons. The maximum Gasteiger partial charge on any atom is 0.275 e. The lowest BCUT2D eigenvalue weighted by Gasteiger charge is -2.39. The van der Waals surface area contributed by atoms with Crippen LogP contribution in [0.4, 0.5) is 8.78 Å². The number of halogens is 2. The van der Waals surface area contributed by atoms with E-state index in [1.54, 1.807) is 0 Å². The first kappa shape index (κ1) is 25.8. The largest absolute Gasteiger partial charge is 0.487 e. The summed E-state index contributed by atoms with van der Waals surface area (Å²) in [5.74, 6) is -3.14. The number of ether oxygens (including phenoxy) is 1. The number of aryl methyl sites for hydroxylation is 1. The topological polar surface area (TPSA) is 97.0 Å². The molecule has 7 rings (SSSR count). The molecule has 4 aliphatic heterocycles. The third-order valence-corrected chi connectivity index (χ3v) is 8.78. The second-order valence-corrected chi connectivity index (χ2v) is 12.0. The number of hydrogen-bond donors (Lipinski definition) is 2. The Bertz CT molecular complexity index is 1400. The van der Waals surface area contributed by atoms with Crippen LogP contribution in [0, 0.1) is 0 Å². The zero-order valence-corrected chi connectivity index (χ0v) is 22.5. The summed E-state index contributed by atoms with van der Waals surface area (Å²) in [7, 11) is 0. The van der Waals surface area contributed by atoms with Gasteiger partial charge in [-0.25, -0.2) is 13.8 Å². The van der Waals surface area contributed by atoms with Gasteiger partial charge in [-0.05, 0) is 68.9 Å². The maximum atomic E-state index is 15.2. The summed E-state index contributed by atoms with van der Waals surface area (Å²) in [5.41, 5.74) is 7.53. The molecule has 4 heterocycles. The molecule has 7 nitrogen and oxygen atoms in total. The van der Waals surface area contributed by atoms with E-state index in [9.17, 15) is 9.59 Å². The van der Waals surface area contributed by atoms with Gasteiger partial charge < -0.3 is 15.8 Å². The van der Waals surface area contributed by atoms with Crippen molar-refractivity contribution in [2.75, 3.05) is 0 Å². The number of amides is 2. The summed E-state index contributed by atoms with van der Waals surface area (Å²) in [6.45, 7) is 5.94. The van der Waals surface area contributed by atoms with Crippen LogP contribution in [-0.2, 0) is 17.1 Å². The molecule has 1 aliphatic carbocycles. The number of carbonyl (C=O) groups is 2. The Morgan fingerprint density at radius 2 is 1.92 bits per heavy atom. The van der Waals surface area contributed by atoms with Crippen molar-refractivity contribution in [2.24, 2.45) is 10.7 Å². The highest BCUT2D eigenvalue weighted by atomic mass is 19.3. The number of nitrogens with two attached hydrogens (primary N) is 1. The molecular formula is C30H34F2N4O3. The van der Waals surface area contributed by atoms with E-state index in [0.29, 0.717) is 19.3 Å². The maximum absolute atomic E-state index is 15.2. The first-order valence-corrected chi connectivity index (χ1v) is 13.7. The van der Waals surface area contributed by atoms with Crippen LogP contribution < -0.4 is 15.8 Å². The summed E-state index contributed by atoms with van der Waals surface area (Å²) >= 11 is 0. The lowest BCUT2D eigenvalue weighted by atomic mass is 9.84. The van der Waals surface area contributed by atoms with Crippen LogP contribution in [0.5, 0.6) is 5.75 Å². The van der Waals surface area contributed by atoms with Gasteiger partial charge in [0, 0.05) is 29.5 Å². The Morgan fingerprint density at radius 3 is 2.67 bits per heavy atom. The average molecular weight is 537 g/mol. The van der Waals surface area contributed by atoms with Crippen molar-refractivity contribution in [1.29, 1.82) is 0 Å². The van der Waals surface area contributed by atoms with E-state index in [4.69, 9.17) is 15.5 Å². The van der Waals surface area contributed by atoms with Crippen molar-refractivity contribution < 1.29 is 23.1 Å². The smallest absolute Gasteiger partial charge is 0.275 e. The number of carbonyl (C=O) groups excluding carboxylic acids is 2. The second kappa shape index (κ2) is 8.76. The molecule has 9 heteroatoms. The Kier molecular flexibility index (Phi) is 5.79. The summed E-state index contributed by atoms with van der Waals surface area (Å²) in [6, 6.07) is 8.99. The summed E-state index contributed by atoms with van der Waals surface area (Å²) < 4.78 is 36.6. The number of nitrogens with zero attached hydrogens (tertiary/aromatic N) is 2. The van der Waals surface area contributed by atoms with Crippen LogP contribution in [0.25, 0.3) is 0 Å². The molecule has 39 heavy (non-hydrogen) atoms. The van der Waals surface area contributed by atoms with Gasteiger partial charge in [-0.2, -0.15) is 0 Å². The molecule has 0 saturated carbocycles. The first-order chi connectivity index (χ1) is 18.4. The minimum atomic E-state index is -3.16. The lowest BCUT2D eigenvalue weighted by Crippen LogP contribution is -2.52. The second-order valence-electron chi connectivity index (χ2n) is 12.0. The molecule has 2 amide bonds. The van der Waals surface area contributed by atoms with Crippen molar-refractivity contribution >= 4 is 17.8 Å². The zero-order chi connectivity index (χ0) is 27.7. The number of hydrogen-bond acceptors (Lipinski definition) is 5. The number of nitrogens with one attached hydrogen (secondary N) is 1. The predicted octanol–water partition coefficient (Wildman–Crippen LogP) is 5.29. The molecule has 0 aromatic heterocycles. The van der Waals surface area contributed by atoms with Crippen LogP contribution >= 0.6 is 0 Å². The molecule has 2 aromatic rings. The Labute approximate surface area is 226 Å². The van der Waals surface area contributed by atoms with Crippen LogP contribution in [0.1, 0.15) is 104 Å². The van der Waals surface area contributed by atoms with Gasteiger partial charge in [0.05, 0.1) is 24.0 Å². The monoisotopic (exact) mass is 536 g/mol. The van der Waals surface area contributed by atoms with Crippen molar-refractivity contribution in [2.45, 2.75) is 94.9 Å². The molecule has 2 aromatic carbocycles. The number of fused-ring (bicyclic) bond motifs is 4. The molecule has 6 bridgehead atoms. The first-order valence-electron chi connectivity index (χ1n) is 13.7. The number of rotatable bonds is 1. The molecule has 3 atom stereocenters. The van der Waals surface area contributed by atoms with Crippen LogP contribution in [0.3, 0.4) is 0 Å². The number of alkyl halides is 2. The predicted molar refractivity (Wildman–Crippen MR) is 143 cm³/mol. The Hall–Kier alpha value is -3.49. The molecule has 0 saturated heterocycles. The van der Waals surface area contributed by atoms with Gasteiger partial charge >= 0.3 is 0 Å². The fourth-order valence-electron chi connectivity index (χ4n) is 6.75. The minimum Gasteiger partial charge on any atom is -0.487 e. The van der Waals surface area contributed by atoms with E-state index in [2.05, 4.69) is 11.4 Å². The zero-order valence-electron chi connectivity index (χ0n) is 22.5. The standard InChI is InChI=1S/C30H34F2N4O3/c1-4-29-11-5-6-17-7-10-24-20(12-17)22(14-28(2,3)39-24)34-26(38)18-8-9-21-19(13-18)23(15-30(21,31)32)36(25(37)16-29)27(33)35-29/h7-10,12-13,22-23H,4-6,11,14-16H2,1-3H3,(H2,33,35)(H,34,38)/t22-,23+,29?/m0/s1. The van der Waals surface area contributed by atoms with Crippen LogP contribution in [0.2, 0.25) is 0 Å². The van der Waals surface area contributed by atoms with Gasteiger partial charge in [0.2, 0.25) is 5.91 Å².